The highest BCUT2D eigenvalue weighted by molar-refractivity contribution is 6.32. The predicted molar refractivity (Wildman–Crippen MR) is 225 cm³/mol. The maximum atomic E-state index is 11.9. The average molecular weight is 818 g/mol. The van der Waals surface area contributed by atoms with Gasteiger partial charge in [0.1, 0.15) is 42.1 Å². The molecule has 0 saturated carbocycles. The number of aromatic nitrogens is 1. The van der Waals surface area contributed by atoms with Crippen LogP contribution in [0.1, 0.15) is 58.7 Å². The molecule has 6 rings (SSSR count). The van der Waals surface area contributed by atoms with Gasteiger partial charge < -0.3 is 35.1 Å². The lowest BCUT2D eigenvalue weighted by molar-refractivity contribution is -0.146. The molecule has 1 fully saturated rings. The summed E-state index contributed by atoms with van der Waals surface area (Å²) in [4.78, 5) is 27.6. The number of pyridine rings is 1. The van der Waals surface area contributed by atoms with Gasteiger partial charge in [0.2, 0.25) is 5.91 Å². The fourth-order valence-corrected chi connectivity index (χ4v) is 7.30. The van der Waals surface area contributed by atoms with Gasteiger partial charge in [0.15, 0.2) is 0 Å². The van der Waals surface area contributed by atoms with E-state index < -0.39 is 18.1 Å². The number of aliphatic hydroxyl groups excluding tert-OH is 1. The maximum Gasteiger partial charge on any atom is 0.326 e. The summed E-state index contributed by atoms with van der Waals surface area (Å²) in [5, 5.41) is 38.5. The number of nitrogens with zero attached hydrogens (tertiary/aromatic N) is 2. The molecule has 2 heterocycles. The summed E-state index contributed by atoms with van der Waals surface area (Å²) in [5.74, 6) is 0.424. The number of hydrogen-bond acceptors (Lipinski definition) is 10. The van der Waals surface area contributed by atoms with Crippen molar-refractivity contribution in [2.45, 2.75) is 71.5 Å². The predicted octanol–water partition coefficient (Wildman–Crippen LogP) is 7.02. The van der Waals surface area contributed by atoms with E-state index in [2.05, 4.69) is 77.2 Å². The molecule has 5 aromatic rings. The van der Waals surface area contributed by atoms with E-state index in [1.165, 1.54) is 13.1 Å². The molecule has 306 valence electrons. The average Bonchev–Trinajstić information content (AvgIpc) is 3.66. The first-order valence-electron chi connectivity index (χ1n) is 19.3. The molecule has 2 atom stereocenters. The first-order valence-corrected chi connectivity index (χ1v) is 19.7. The smallest absolute Gasteiger partial charge is 0.326 e. The highest BCUT2D eigenvalue weighted by Gasteiger charge is 2.32. The molecule has 12 nitrogen and oxygen atoms in total. The Balaban J connectivity index is 1.23. The van der Waals surface area contributed by atoms with Crippen molar-refractivity contribution in [3.05, 3.63) is 129 Å². The molecule has 59 heavy (non-hydrogen) atoms. The van der Waals surface area contributed by atoms with Crippen molar-refractivity contribution in [1.29, 1.82) is 5.26 Å². The third-order valence-corrected chi connectivity index (χ3v) is 11.0. The Morgan fingerprint density at radius 3 is 2.37 bits per heavy atom. The summed E-state index contributed by atoms with van der Waals surface area (Å²) in [6, 6.07) is 25.8. The Morgan fingerprint density at radius 1 is 0.932 bits per heavy atom. The lowest BCUT2D eigenvalue weighted by atomic mass is 9.89. The Labute approximate surface area is 349 Å². The highest BCUT2D eigenvalue weighted by atomic mass is 35.5. The van der Waals surface area contributed by atoms with Gasteiger partial charge in [-0.2, -0.15) is 5.26 Å². The third kappa shape index (κ3) is 10.2. The van der Waals surface area contributed by atoms with Gasteiger partial charge in [-0.1, -0.05) is 54.1 Å². The van der Waals surface area contributed by atoms with Crippen molar-refractivity contribution < 1.29 is 34.0 Å². The number of carboxylic acids is 1. The summed E-state index contributed by atoms with van der Waals surface area (Å²) < 4.78 is 18.2. The van der Waals surface area contributed by atoms with Gasteiger partial charge in [-0.3, -0.25) is 19.9 Å². The number of nitrogens with one attached hydrogen (secondary N) is 3. The number of nitriles is 1. The molecule has 1 amide bonds. The summed E-state index contributed by atoms with van der Waals surface area (Å²) in [5.41, 5.74) is 8.45. The lowest BCUT2D eigenvalue weighted by Crippen LogP contribution is -2.52. The van der Waals surface area contributed by atoms with Gasteiger partial charge in [0.05, 0.1) is 24.3 Å². The fraction of sp³-hybridized carbons (Fsp3) is 0.304. The molecule has 4 aromatic carbocycles. The highest BCUT2D eigenvalue weighted by Crippen LogP contribution is 2.38. The van der Waals surface area contributed by atoms with E-state index in [0.717, 1.165) is 56.7 Å². The van der Waals surface area contributed by atoms with Crippen LogP contribution in [0.2, 0.25) is 5.02 Å². The molecule has 1 aliphatic heterocycles. The van der Waals surface area contributed by atoms with E-state index in [4.69, 9.17) is 25.8 Å². The zero-order valence-corrected chi connectivity index (χ0v) is 34.3. The summed E-state index contributed by atoms with van der Waals surface area (Å²) in [6.45, 7) is 6.53. The lowest BCUT2D eigenvalue weighted by Gasteiger charge is -2.25. The molecule has 0 radical (unpaired) electrons. The van der Waals surface area contributed by atoms with Crippen molar-refractivity contribution in [1.82, 2.24) is 20.9 Å². The van der Waals surface area contributed by atoms with E-state index in [9.17, 15) is 25.1 Å². The third-order valence-electron chi connectivity index (χ3n) is 10.7. The minimum atomic E-state index is -1.60. The van der Waals surface area contributed by atoms with Gasteiger partial charge >= 0.3 is 5.97 Å². The quantitative estimate of drug-likeness (QED) is 0.0615. The molecule has 0 aliphatic carbocycles. The topological polar surface area (TPSA) is 175 Å². The second-order valence-electron chi connectivity index (χ2n) is 14.8. The Bertz CT molecular complexity index is 2380. The first-order chi connectivity index (χ1) is 28.4. The van der Waals surface area contributed by atoms with Gasteiger partial charge in [-0.15, -0.1) is 0 Å². The van der Waals surface area contributed by atoms with Crippen LogP contribution < -0.4 is 30.2 Å². The van der Waals surface area contributed by atoms with E-state index in [0.29, 0.717) is 52.7 Å². The zero-order chi connectivity index (χ0) is 42.1. The molecule has 1 aliphatic rings. The van der Waals surface area contributed by atoms with E-state index in [1.54, 1.807) is 31.5 Å². The molecule has 0 bridgehead atoms. The number of methoxy groups -OCH3 is 1. The minimum Gasteiger partial charge on any atom is -0.496 e. The number of aliphatic carboxylic acids is 1. The first kappa shape index (κ1) is 42.6. The number of halogens is 1. The molecule has 0 spiro atoms. The van der Waals surface area contributed by atoms with Crippen LogP contribution >= 0.6 is 11.6 Å². The van der Waals surface area contributed by atoms with Crippen molar-refractivity contribution in [2.24, 2.45) is 0 Å². The van der Waals surface area contributed by atoms with Crippen LogP contribution in [0.5, 0.6) is 17.2 Å². The van der Waals surface area contributed by atoms with Crippen LogP contribution in [0.4, 0.5) is 0 Å². The number of carboxylic acid groups (broad SMARTS) is 1. The summed E-state index contributed by atoms with van der Waals surface area (Å²) in [6.07, 6.45) is 4.46. The minimum absolute atomic E-state index is 0.0186. The van der Waals surface area contributed by atoms with Gasteiger partial charge in [0.25, 0.3) is 0 Å². The van der Waals surface area contributed by atoms with Crippen molar-refractivity contribution >= 4 is 23.5 Å². The molecule has 1 saturated heterocycles. The molecule has 1 aromatic heterocycles. The van der Waals surface area contributed by atoms with Crippen LogP contribution in [-0.2, 0) is 35.9 Å². The number of ether oxygens (including phenoxy) is 3. The second kappa shape index (κ2) is 19.2. The number of carbonyl (C=O) groups is 2. The number of aliphatic hydroxyl groups is 1. The van der Waals surface area contributed by atoms with Crippen molar-refractivity contribution in [2.75, 3.05) is 20.3 Å². The Hall–Kier alpha value is -5.97. The number of benzene rings is 4. The maximum absolute atomic E-state index is 11.9. The standard InChI is InChI=1S/C46H48ClN5O7/c1-28-33(26-59-43-18-42(58-25-31-15-30(19-48)20-49-21-31)35(17-40(43)47)23-51-46(3,27-53)45(55)56)7-5-9-38(28)39-10-6-8-37(29(39)2)32-11-13-41(57-4)34(16-32)22-50-24-36-12-14-44(54)52-36/h5-11,13,15-18,20-21,36,50-51,53H,12,14,22-27H2,1-4H3,(H,52,54)(H,55,56)/t36?,46-/m0/s1. The van der Waals surface area contributed by atoms with Crippen LogP contribution in [0.15, 0.2) is 85.2 Å². The van der Waals surface area contributed by atoms with Crippen molar-refractivity contribution in [3.63, 3.8) is 0 Å². The number of carbonyl (C=O) groups excluding carboxylic acids is 1. The molecular weight excluding hydrogens is 770 g/mol. The Kier molecular flexibility index (Phi) is 13.9. The molecular formula is C46H48ClN5O7. The molecule has 1 unspecified atom stereocenters. The fourth-order valence-electron chi connectivity index (χ4n) is 7.06. The van der Waals surface area contributed by atoms with Crippen LogP contribution in [-0.4, -0.2) is 58.9 Å². The van der Waals surface area contributed by atoms with Gasteiger partial charge in [-0.25, -0.2) is 0 Å². The monoisotopic (exact) mass is 817 g/mol. The van der Waals surface area contributed by atoms with Gasteiger partial charge in [0, 0.05) is 67.2 Å². The Morgan fingerprint density at radius 2 is 1.66 bits per heavy atom. The number of rotatable bonds is 18. The largest absolute Gasteiger partial charge is 0.496 e. The zero-order valence-electron chi connectivity index (χ0n) is 33.5. The number of hydrogen-bond donors (Lipinski definition) is 5. The van der Waals surface area contributed by atoms with E-state index in [-0.39, 0.29) is 31.7 Å². The normalized spacial score (nSPS) is 14.6. The van der Waals surface area contributed by atoms with E-state index >= 15 is 0 Å². The molecule has 5 N–H and O–H groups in total. The SMILES string of the molecule is COc1ccc(-c2cccc(-c3cccc(COc4cc(OCc5cncc(C#N)c5)c(CN[C@@](C)(CO)C(=O)O)cc4Cl)c3C)c2C)cc1CNCC1CCC(=O)N1. The molecule has 13 heteroatoms. The summed E-state index contributed by atoms with van der Waals surface area (Å²) in [7, 11) is 1.67. The summed E-state index contributed by atoms with van der Waals surface area (Å²) >= 11 is 6.78. The van der Waals surface area contributed by atoms with Crippen LogP contribution in [0, 0.1) is 25.2 Å². The van der Waals surface area contributed by atoms with Gasteiger partial charge in [-0.05, 0) is 90.4 Å². The second-order valence-corrected chi connectivity index (χ2v) is 15.2. The van der Waals surface area contributed by atoms with E-state index in [1.807, 2.05) is 18.2 Å². The van der Waals surface area contributed by atoms with Crippen LogP contribution in [0.3, 0.4) is 0 Å². The van der Waals surface area contributed by atoms with Crippen molar-refractivity contribution in [3.8, 4) is 45.6 Å². The van der Waals surface area contributed by atoms with Crippen LogP contribution in [0.25, 0.3) is 22.3 Å². The number of amides is 1.